The van der Waals surface area contributed by atoms with E-state index < -0.39 is 0 Å². The van der Waals surface area contributed by atoms with Gasteiger partial charge >= 0.3 is 0 Å². The molecule has 1 heterocycles. The van der Waals surface area contributed by atoms with Crippen molar-refractivity contribution in [3.63, 3.8) is 0 Å². The predicted molar refractivity (Wildman–Crippen MR) is 84.1 cm³/mol. The number of para-hydroxylation sites is 1. The summed E-state index contributed by atoms with van der Waals surface area (Å²) in [5, 5.41) is 5.15. The number of hydrogen-bond acceptors (Lipinski definition) is 3. The Bertz CT molecular complexity index is 732. The molecule has 0 aliphatic carbocycles. The van der Waals surface area contributed by atoms with E-state index in [0.29, 0.717) is 15.7 Å². The van der Waals surface area contributed by atoms with Crippen LogP contribution in [-0.4, -0.2) is 4.98 Å². The minimum Gasteiger partial charge on any atom is -0.329 e. The number of anilines is 2. The molecule has 3 rings (SSSR count). The number of rotatable bonds is 2. The molecule has 0 fully saturated rings. The van der Waals surface area contributed by atoms with Crippen molar-refractivity contribution >= 4 is 55.6 Å². The van der Waals surface area contributed by atoms with Gasteiger partial charge in [-0.25, -0.2) is 4.98 Å². The van der Waals surface area contributed by atoms with E-state index in [1.54, 1.807) is 23.5 Å². The molecule has 0 bridgehead atoms. The first-order valence-electron chi connectivity index (χ1n) is 5.72. The molecule has 0 amide bonds. The molecular formula is C14H10Cl2N2S. The lowest BCUT2D eigenvalue weighted by Crippen LogP contribution is -1.91. The Hall–Kier alpha value is -1.29. The van der Waals surface area contributed by atoms with Crippen molar-refractivity contribution in [2.45, 2.75) is 6.92 Å². The molecule has 19 heavy (non-hydrogen) atoms. The number of nitrogens with one attached hydrogen (secondary N) is 1. The van der Waals surface area contributed by atoms with E-state index in [0.717, 1.165) is 15.3 Å². The van der Waals surface area contributed by atoms with Gasteiger partial charge in [-0.15, -0.1) is 0 Å². The summed E-state index contributed by atoms with van der Waals surface area (Å²) in [7, 11) is 0. The standard InChI is InChI=1S/C14H10Cl2N2S/c1-8-5-6-12-11(7-8)17-14(19-12)18-13-9(15)3-2-4-10(13)16/h2-7H,1H3,(H,17,18). The number of aryl methyl sites for hydroxylation is 1. The molecule has 0 unspecified atom stereocenters. The highest BCUT2D eigenvalue weighted by Gasteiger charge is 2.09. The van der Waals surface area contributed by atoms with Crippen LogP contribution < -0.4 is 5.32 Å². The van der Waals surface area contributed by atoms with E-state index in [9.17, 15) is 0 Å². The zero-order valence-electron chi connectivity index (χ0n) is 10.1. The number of halogens is 2. The van der Waals surface area contributed by atoms with Crippen LogP contribution in [0.2, 0.25) is 10.0 Å². The monoisotopic (exact) mass is 308 g/mol. The van der Waals surface area contributed by atoms with Crippen molar-refractivity contribution < 1.29 is 0 Å². The second-order valence-corrected chi connectivity index (χ2v) is 6.06. The van der Waals surface area contributed by atoms with Gasteiger partial charge in [0.2, 0.25) is 0 Å². The molecule has 3 aromatic rings. The number of fused-ring (bicyclic) bond motifs is 1. The molecule has 2 nitrogen and oxygen atoms in total. The fraction of sp³-hybridized carbons (Fsp3) is 0.0714. The van der Waals surface area contributed by atoms with Gasteiger partial charge in [0.25, 0.3) is 0 Å². The summed E-state index contributed by atoms with van der Waals surface area (Å²) >= 11 is 13.8. The molecule has 0 atom stereocenters. The molecule has 96 valence electrons. The van der Waals surface area contributed by atoms with Crippen LogP contribution in [0.3, 0.4) is 0 Å². The second-order valence-electron chi connectivity index (χ2n) is 4.21. The Morgan fingerprint density at radius 3 is 2.58 bits per heavy atom. The molecule has 2 aromatic carbocycles. The molecule has 0 aliphatic heterocycles. The van der Waals surface area contributed by atoms with Crippen LogP contribution in [-0.2, 0) is 0 Å². The number of thiazole rings is 1. The summed E-state index contributed by atoms with van der Waals surface area (Å²) in [6, 6.07) is 11.6. The first kappa shape index (κ1) is 12.7. The normalized spacial score (nSPS) is 10.9. The first-order valence-corrected chi connectivity index (χ1v) is 7.29. The van der Waals surface area contributed by atoms with Crippen molar-refractivity contribution in [1.82, 2.24) is 4.98 Å². The Labute approximate surface area is 125 Å². The minimum atomic E-state index is 0.586. The van der Waals surface area contributed by atoms with Crippen LogP contribution in [0.1, 0.15) is 5.56 Å². The Morgan fingerprint density at radius 2 is 1.84 bits per heavy atom. The highest BCUT2D eigenvalue weighted by atomic mass is 35.5. The van der Waals surface area contributed by atoms with E-state index in [-0.39, 0.29) is 0 Å². The highest BCUT2D eigenvalue weighted by molar-refractivity contribution is 7.22. The SMILES string of the molecule is Cc1ccc2sc(Nc3c(Cl)cccc3Cl)nc2c1. The quantitative estimate of drug-likeness (QED) is 0.661. The van der Waals surface area contributed by atoms with Gasteiger partial charge in [0.1, 0.15) is 0 Å². The summed E-state index contributed by atoms with van der Waals surface area (Å²) < 4.78 is 1.14. The molecule has 1 aromatic heterocycles. The molecule has 5 heteroatoms. The van der Waals surface area contributed by atoms with Crippen LogP contribution in [0.5, 0.6) is 0 Å². The smallest absolute Gasteiger partial charge is 0.188 e. The third-order valence-corrected chi connectivity index (χ3v) is 4.32. The first-order chi connectivity index (χ1) is 9.13. The lowest BCUT2D eigenvalue weighted by molar-refractivity contribution is 1.42. The van der Waals surface area contributed by atoms with Gasteiger partial charge in [-0.2, -0.15) is 0 Å². The number of hydrogen-bond donors (Lipinski definition) is 1. The topological polar surface area (TPSA) is 24.9 Å². The van der Waals surface area contributed by atoms with E-state index in [1.165, 1.54) is 5.56 Å². The zero-order chi connectivity index (χ0) is 13.4. The zero-order valence-corrected chi connectivity index (χ0v) is 12.4. The fourth-order valence-electron chi connectivity index (χ4n) is 1.82. The molecule has 0 saturated heterocycles. The summed E-state index contributed by atoms with van der Waals surface area (Å²) in [5.74, 6) is 0. The Morgan fingerprint density at radius 1 is 1.11 bits per heavy atom. The van der Waals surface area contributed by atoms with E-state index in [1.807, 2.05) is 6.07 Å². The fourth-order valence-corrected chi connectivity index (χ4v) is 3.16. The lowest BCUT2D eigenvalue weighted by atomic mass is 10.2. The molecule has 1 N–H and O–H groups in total. The lowest BCUT2D eigenvalue weighted by Gasteiger charge is -2.06. The second kappa shape index (κ2) is 5.00. The molecular weight excluding hydrogens is 299 g/mol. The summed E-state index contributed by atoms with van der Waals surface area (Å²) in [6.07, 6.45) is 0. The third-order valence-electron chi connectivity index (χ3n) is 2.74. The van der Waals surface area contributed by atoms with Crippen LogP contribution in [0.15, 0.2) is 36.4 Å². The summed E-state index contributed by atoms with van der Waals surface area (Å²) in [6.45, 7) is 2.05. The number of benzene rings is 2. The van der Waals surface area contributed by atoms with E-state index in [4.69, 9.17) is 23.2 Å². The maximum Gasteiger partial charge on any atom is 0.188 e. The van der Waals surface area contributed by atoms with Gasteiger partial charge in [0.15, 0.2) is 5.13 Å². The average Bonchev–Trinajstić information content (AvgIpc) is 2.75. The summed E-state index contributed by atoms with van der Waals surface area (Å²) in [4.78, 5) is 4.54. The van der Waals surface area contributed by atoms with Crippen molar-refractivity contribution in [1.29, 1.82) is 0 Å². The minimum absolute atomic E-state index is 0.586. The Balaban J connectivity index is 2.01. The van der Waals surface area contributed by atoms with Gasteiger partial charge in [0.05, 0.1) is 25.9 Å². The van der Waals surface area contributed by atoms with Crippen LogP contribution in [0.25, 0.3) is 10.2 Å². The maximum absolute atomic E-state index is 6.13. The molecule has 0 aliphatic rings. The van der Waals surface area contributed by atoms with Crippen LogP contribution >= 0.6 is 34.5 Å². The number of nitrogens with zero attached hydrogens (tertiary/aromatic N) is 1. The van der Waals surface area contributed by atoms with Crippen LogP contribution in [0.4, 0.5) is 10.8 Å². The van der Waals surface area contributed by atoms with Crippen molar-refractivity contribution in [3.05, 3.63) is 52.0 Å². The van der Waals surface area contributed by atoms with Crippen LogP contribution in [0, 0.1) is 6.92 Å². The van der Waals surface area contributed by atoms with Crippen molar-refractivity contribution in [2.75, 3.05) is 5.32 Å². The largest absolute Gasteiger partial charge is 0.329 e. The van der Waals surface area contributed by atoms with Gasteiger partial charge < -0.3 is 5.32 Å². The molecule has 0 spiro atoms. The Kier molecular flexibility index (Phi) is 3.35. The van der Waals surface area contributed by atoms with Crippen molar-refractivity contribution in [2.24, 2.45) is 0 Å². The van der Waals surface area contributed by atoms with Gasteiger partial charge in [-0.1, -0.05) is 46.7 Å². The molecule has 0 saturated carbocycles. The van der Waals surface area contributed by atoms with E-state index in [2.05, 4.69) is 35.4 Å². The maximum atomic E-state index is 6.13. The van der Waals surface area contributed by atoms with Gasteiger partial charge in [-0.3, -0.25) is 0 Å². The molecule has 0 radical (unpaired) electrons. The van der Waals surface area contributed by atoms with Gasteiger partial charge in [-0.05, 0) is 36.8 Å². The predicted octanol–water partition coefficient (Wildman–Crippen LogP) is 5.66. The number of aromatic nitrogens is 1. The van der Waals surface area contributed by atoms with E-state index >= 15 is 0 Å². The van der Waals surface area contributed by atoms with Gasteiger partial charge in [0, 0.05) is 0 Å². The highest BCUT2D eigenvalue weighted by Crippen LogP contribution is 2.35. The van der Waals surface area contributed by atoms with Crippen molar-refractivity contribution in [3.8, 4) is 0 Å². The average molecular weight is 309 g/mol. The summed E-state index contributed by atoms with van der Waals surface area (Å²) in [5.41, 5.74) is 2.87. The third kappa shape index (κ3) is 2.54.